The molecule has 0 radical (unpaired) electrons. The van der Waals surface area contributed by atoms with Gasteiger partial charge in [0, 0.05) is 25.8 Å². The van der Waals surface area contributed by atoms with E-state index in [2.05, 4.69) is 4.90 Å². The summed E-state index contributed by atoms with van der Waals surface area (Å²) in [5, 5.41) is 7.99. The van der Waals surface area contributed by atoms with Crippen molar-refractivity contribution in [3.8, 4) is 0 Å². The van der Waals surface area contributed by atoms with Crippen molar-refractivity contribution in [1.29, 1.82) is 5.41 Å². The van der Waals surface area contributed by atoms with Crippen LogP contribution in [0.3, 0.4) is 0 Å². The Morgan fingerprint density at radius 3 is 2.94 bits per heavy atom. The van der Waals surface area contributed by atoms with Crippen LogP contribution in [0.2, 0.25) is 5.02 Å². The van der Waals surface area contributed by atoms with Gasteiger partial charge in [-0.25, -0.2) is 0 Å². The molecule has 1 unspecified atom stereocenters. The van der Waals surface area contributed by atoms with E-state index in [9.17, 15) is 0 Å². The van der Waals surface area contributed by atoms with Crippen LogP contribution in [0.25, 0.3) is 0 Å². The van der Waals surface area contributed by atoms with Crippen molar-refractivity contribution in [2.75, 3.05) is 25.1 Å². The smallest absolute Gasteiger partial charge is 0.122 e. The van der Waals surface area contributed by atoms with E-state index in [1.807, 2.05) is 19.2 Å². The van der Waals surface area contributed by atoms with Crippen molar-refractivity contribution >= 4 is 23.1 Å². The molecule has 0 saturated carbocycles. The van der Waals surface area contributed by atoms with E-state index in [4.69, 9.17) is 27.5 Å². The van der Waals surface area contributed by atoms with Gasteiger partial charge in [-0.2, -0.15) is 0 Å². The molecule has 3 N–H and O–H groups in total. The van der Waals surface area contributed by atoms with Crippen molar-refractivity contribution < 1.29 is 4.74 Å². The van der Waals surface area contributed by atoms with Crippen LogP contribution in [0.5, 0.6) is 0 Å². The molecule has 5 heteroatoms. The maximum absolute atomic E-state index is 7.38. The summed E-state index contributed by atoms with van der Waals surface area (Å²) < 4.78 is 5.61. The number of rotatable bonds is 4. The highest BCUT2D eigenvalue weighted by atomic mass is 35.5. The zero-order valence-electron chi connectivity index (χ0n) is 10.4. The number of nitrogens with two attached hydrogens (primary N) is 1. The van der Waals surface area contributed by atoms with Crippen LogP contribution in [-0.2, 0) is 4.74 Å². The zero-order chi connectivity index (χ0) is 13.1. The predicted octanol–water partition coefficient (Wildman–Crippen LogP) is 2.24. The molecule has 1 heterocycles. The van der Waals surface area contributed by atoms with Gasteiger partial charge in [0.05, 0.1) is 16.8 Å². The summed E-state index contributed by atoms with van der Waals surface area (Å²) in [4.78, 5) is 2.09. The minimum absolute atomic E-state index is 0.0326. The van der Waals surface area contributed by atoms with Crippen LogP contribution in [0, 0.1) is 5.41 Å². The molecule has 1 fully saturated rings. The summed E-state index contributed by atoms with van der Waals surface area (Å²) in [6, 6.07) is 5.44. The first-order chi connectivity index (χ1) is 8.58. The van der Waals surface area contributed by atoms with Crippen LogP contribution < -0.4 is 10.6 Å². The Balaban J connectivity index is 2.09. The number of ether oxygens (including phenoxy) is 1. The average Bonchev–Trinajstić information content (AvgIpc) is 2.81. The highest BCUT2D eigenvalue weighted by Gasteiger charge is 2.18. The van der Waals surface area contributed by atoms with E-state index in [1.54, 1.807) is 6.07 Å². The standard InChI is InChI=1S/C13H18ClN3O/c1-17(8-10-3-2-6-18-10)12-5-4-9(13(15)16)7-11(12)14/h4-5,7,10H,2-3,6,8H2,1H3,(H3,15,16). The molecule has 0 bridgehead atoms. The third-order valence-corrected chi connectivity index (χ3v) is 3.47. The molecule has 1 aliphatic heterocycles. The van der Waals surface area contributed by atoms with Crippen molar-refractivity contribution in [3.05, 3.63) is 28.8 Å². The van der Waals surface area contributed by atoms with E-state index >= 15 is 0 Å². The molecular formula is C13H18ClN3O. The zero-order valence-corrected chi connectivity index (χ0v) is 11.2. The SMILES string of the molecule is CN(CC1CCCO1)c1ccc(C(=N)N)cc1Cl. The van der Waals surface area contributed by atoms with E-state index in [0.717, 1.165) is 31.7 Å². The average molecular weight is 268 g/mol. The van der Waals surface area contributed by atoms with Gasteiger partial charge in [0.15, 0.2) is 0 Å². The number of likely N-dealkylation sites (N-methyl/N-ethyl adjacent to an activating group) is 1. The first-order valence-electron chi connectivity index (χ1n) is 6.04. The van der Waals surface area contributed by atoms with Gasteiger partial charge in [-0.05, 0) is 31.0 Å². The molecule has 2 rings (SSSR count). The molecule has 1 aromatic rings. The maximum atomic E-state index is 7.38. The summed E-state index contributed by atoms with van der Waals surface area (Å²) in [6.45, 7) is 1.69. The number of amidine groups is 1. The Bertz CT molecular complexity index is 444. The second-order valence-corrected chi connectivity index (χ2v) is 5.00. The molecule has 1 saturated heterocycles. The Labute approximate surface area is 112 Å². The van der Waals surface area contributed by atoms with Gasteiger partial charge in [-0.3, -0.25) is 5.41 Å². The molecule has 1 atom stereocenters. The fourth-order valence-electron chi connectivity index (χ4n) is 2.18. The summed E-state index contributed by atoms with van der Waals surface area (Å²) in [5.74, 6) is 0.0326. The fourth-order valence-corrected chi connectivity index (χ4v) is 2.50. The normalized spacial score (nSPS) is 18.9. The minimum Gasteiger partial charge on any atom is -0.384 e. The highest BCUT2D eigenvalue weighted by molar-refractivity contribution is 6.33. The molecule has 0 spiro atoms. The second-order valence-electron chi connectivity index (χ2n) is 4.60. The monoisotopic (exact) mass is 267 g/mol. The lowest BCUT2D eigenvalue weighted by molar-refractivity contribution is 0.116. The van der Waals surface area contributed by atoms with E-state index in [1.165, 1.54) is 0 Å². The van der Waals surface area contributed by atoms with Gasteiger partial charge < -0.3 is 15.4 Å². The lowest BCUT2D eigenvalue weighted by Gasteiger charge is -2.24. The topological polar surface area (TPSA) is 62.3 Å². The number of hydrogen-bond donors (Lipinski definition) is 2. The van der Waals surface area contributed by atoms with Crippen LogP contribution in [0.1, 0.15) is 18.4 Å². The number of hydrogen-bond acceptors (Lipinski definition) is 3. The number of benzene rings is 1. The first kappa shape index (κ1) is 13.2. The van der Waals surface area contributed by atoms with Gasteiger partial charge in [-0.1, -0.05) is 11.6 Å². The minimum atomic E-state index is 0.0326. The largest absolute Gasteiger partial charge is 0.384 e. The van der Waals surface area contributed by atoms with Crippen LogP contribution in [0.4, 0.5) is 5.69 Å². The third-order valence-electron chi connectivity index (χ3n) is 3.17. The Morgan fingerprint density at radius 2 is 2.39 bits per heavy atom. The summed E-state index contributed by atoms with van der Waals surface area (Å²) in [5.41, 5.74) is 7.02. The second kappa shape index (κ2) is 5.59. The van der Waals surface area contributed by atoms with Crippen LogP contribution in [-0.4, -0.2) is 32.1 Å². The molecular weight excluding hydrogens is 250 g/mol. The van der Waals surface area contributed by atoms with Gasteiger partial charge in [0.1, 0.15) is 5.84 Å². The van der Waals surface area contributed by atoms with Crippen LogP contribution >= 0.6 is 11.6 Å². The lowest BCUT2D eigenvalue weighted by Crippen LogP contribution is -2.28. The number of nitrogens with zero attached hydrogens (tertiary/aromatic N) is 1. The fraction of sp³-hybridized carbons (Fsp3) is 0.462. The number of halogens is 1. The molecule has 0 aromatic heterocycles. The van der Waals surface area contributed by atoms with Crippen molar-refractivity contribution in [3.63, 3.8) is 0 Å². The summed E-state index contributed by atoms with van der Waals surface area (Å²) in [6.07, 6.45) is 2.53. The Hall–Kier alpha value is -1.26. The van der Waals surface area contributed by atoms with Crippen molar-refractivity contribution in [2.45, 2.75) is 18.9 Å². The number of nitrogens with one attached hydrogen (secondary N) is 1. The maximum Gasteiger partial charge on any atom is 0.122 e. The highest BCUT2D eigenvalue weighted by Crippen LogP contribution is 2.27. The Morgan fingerprint density at radius 1 is 1.61 bits per heavy atom. The molecule has 1 aromatic carbocycles. The van der Waals surface area contributed by atoms with Gasteiger partial charge in [0.2, 0.25) is 0 Å². The summed E-state index contributed by atoms with van der Waals surface area (Å²) >= 11 is 6.22. The molecule has 18 heavy (non-hydrogen) atoms. The van der Waals surface area contributed by atoms with Crippen molar-refractivity contribution in [1.82, 2.24) is 0 Å². The first-order valence-corrected chi connectivity index (χ1v) is 6.42. The Kier molecular flexibility index (Phi) is 4.09. The third kappa shape index (κ3) is 2.94. The number of nitrogen functional groups attached to an aromatic ring is 1. The van der Waals surface area contributed by atoms with Gasteiger partial charge >= 0.3 is 0 Å². The van der Waals surface area contributed by atoms with Crippen LogP contribution in [0.15, 0.2) is 18.2 Å². The quantitative estimate of drug-likeness (QED) is 0.650. The van der Waals surface area contributed by atoms with Gasteiger partial charge in [0.25, 0.3) is 0 Å². The predicted molar refractivity (Wildman–Crippen MR) is 74.7 cm³/mol. The molecule has 0 amide bonds. The molecule has 98 valence electrons. The lowest BCUT2D eigenvalue weighted by atomic mass is 10.1. The molecule has 0 aliphatic carbocycles. The molecule has 4 nitrogen and oxygen atoms in total. The van der Waals surface area contributed by atoms with E-state index in [-0.39, 0.29) is 5.84 Å². The number of anilines is 1. The molecule has 1 aliphatic rings. The van der Waals surface area contributed by atoms with Crippen molar-refractivity contribution in [2.24, 2.45) is 5.73 Å². The van der Waals surface area contributed by atoms with E-state index < -0.39 is 0 Å². The summed E-state index contributed by atoms with van der Waals surface area (Å²) in [7, 11) is 2.00. The van der Waals surface area contributed by atoms with Gasteiger partial charge in [-0.15, -0.1) is 0 Å². The van der Waals surface area contributed by atoms with E-state index in [0.29, 0.717) is 16.7 Å².